The molecule has 1 saturated heterocycles. The van der Waals surface area contributed by atoms with E-state index in [4.69, 9.17) is 0 Å². The molecule has 156 valence electrons. The summed E-state index contributed by atoms with van der Waals surface area (Å²) >= 11 is 0. The van der Waals surface area contributed by atoms with Crippen LogP contribution in [0.2, 0.25) is 0 Å². The molecule has 31 heavy (non-hydrogen) atoms. The highest BCUT2D eigenvalue weighted by Gasteiger charge is 2.38. The van der Waals surface area contributed by atoms with E-state index in [1.54, 1.807) is 34.1 Å². The number of hydrogen-bond donors (Lipinski definition) is 1. The molecule has 3 aromatic heterocycles. The molecule has 0 aliphatic carbocycles. The number of fused-ring (bicyclic) bond motifs is 1. The topological polar surface area (TPSA) is 88.3 Å². The zero-order chi connectivity index (χ0) is 21.4. The Morgan fingerprint density at radius 2 is 2.00 bits per heavy atom. The highest BCUT2D eigenvalue weighted by atomic mass is 19.1. The van der Waals surface area contributed by atoms with Crippen LogP contribution in [0.3, 0.4) is 0 Å². The predicted octanol–water partition coefficient (Wildman–Crippen LogP) is 3.05. The first-order chi connectivity index (χ1) is 15.1. The van der Waals surface area contributed by atoms with Crippen LogP contribution in [-0.4, -0.2) is 49.2 Å². The van der Waals surface area contributed by atoms with Gasteiger partial charge in [0.15, 0.2) is 5.82 Å². The van der Waals surface area contributed by atoms with Crippen molar-refractivity contribution in [1.82, 2.24) is 24.6 Å². The Kier molecular flexibility index (Phi) is 4.78. The maximum atomic E-state index is 14.2. The van der Waals surface area contributed by atoms with E-state index in [0.717, 1.165) is 16.6 Å². The van der Waals surface area contributed by atoms with Gasteiger partial charge in [-0.1, -0.05) is 6.07 Å². The van der Waals surface area contributed by atoms with Crippen LogP contribution in [0.4, 0.5) is 16.0 Å². The second kappa shape index (κ2) is 7.75. The van der Waals surface area contributed by atoms with Crippen LogP contribution in [0.1, 0.15) is 12.0 Å². The van der Waals surface area contributed by atoms with E-state index in [2.05, 4.69) is 25.4 Å². The minimum atomic E-state index is -1.12. The quantitative estimate of drug-likeness (QED) is 0.549. The molecule has 1 amide bonds. The molecule has 4 heterocycles. The standard InChI is InChI=1S/C22H20FN7O/c1-14-5-6-16(11-18(14)20-26-12-17-4-2-9-30(17)28-20)27-21(31)19-10-15(23)13-29(19)22-24-7-3-8-25-22/h2-9,11-12,15,19H,10,13H2,1H3,(H,27,31)/t15-,19+/m0/s1. The minimum absolute atomic E-state index is 0.0893. The molecule has 0 unspecified atom stereocenters. The van der Waals surface area contributed by atoms with Crippen LogP contribution in [0.15, 0.2) is 61.2 Å². The van der Waals surface area contributed by atoms with Crippen LogP contribution >= 0.6 is 0 Å². The summed E-state index contributed by atoms with van der Waals surface area (Å²) in [5.74, 6) is 0.603. The number of carbonyl (C=O) groups excluding carboxylic acids is 1. The molecule has 0 spiro atoms. The zero-order valence-corrected chi connectivity index (χ0v) is 16.8. The monoisotopic (exact) mass is 417 g/mol. The number of nitrogens with zero attached hydrogens (tertiary/aromatic N) is 6. The van der Waals surface area contributed by atoms with E-state index in [-0.39, 0.29) is 18.9 Å². The number of benzene rings is 1. The molecule has 0 radical (unpaired) electrons. The molecule has 1 N–H and O–H groups in total. The first-order valence-corrected chi connectivity index (χ1v) is 9.98. The highest BCUT2D eigenvalue weighted by molar-refractivity contribution is 5.97. The number of alkyl halides is 1. The molecule has 1 aromatic carbocycles. The molecular weight excluding hydrogens is 397 g/mol. The third kappa shape index (κ3) is 3.70. The molecule has 5 rings (SSSR count). The molecular formula is C22H20FN7O. The number of halogens is 1. The van der Waals surface area contributed by atoms with Gasteiger partial charge in [-0.3, -0.25) is 4.79 Å². The predicted molar refractivity (Wildman–Crippen MR) is 114 cm³/mol. The fourth-order valence-electron chi connectivity index (χ4n) is 3.82. The second-order valence-electron chi connectivity index (χ2n) is 7.53. The molecule has 1 aliphatic rings. The van der Waals surface area contributed by atoms with Gasteiger partial charge in [-0.2, -0.15) is 0 Å². The van der Waals surface area contributed by atoms with E-state index >= 15 is 0 Å². The summed E-state index contributed by atoms with van der Waals surface area (Å²) in [6, 6.07) is 10.4. The summed E-state index contributed by atoms with van der Waals surface area (Å²) in [7, 11) is 0. The first kappa shape index (κ1) is 19.1. The second-order valence-corrected chi connectivity index (χ2v) is 7.53. The lowest BCUT2D eigenvalue weighted by Gasteiger charge is -2.23. The number of nitrogens with one attached hydrogen (secondary N) is 1. The highest BCUT2D eigenvalue weighted by Crippen LogP contribution is 2.27. The number of rotatable bonds is 4. The zero-order valence-electron chi connectivity index (χ0n) is 16.8. The Morgan fingerprint density at radius 1 is 1.16 bits per heavy atom. The SMILES string of the molecule is Cc1ccc(NC(=O)[C@H]2C[C@H](F)CN2c2ncccn2)cc1-c1ncc2cccn2n1. The van der Waals surface area contributed by atoms with Crippen LogP contribution in [0, 0.1) is 6.92 Å². The van der Waals surface area contributed by atoms with Crippen LogP contribution in [0.5, 0.6) is 0 Å². The van der Waals surface area contributed by atoms with Crippen molar-refractivity contribution >= 4 is 23.1 Å². The number of aromatic nitrogens is 5. The summed E-state index contributed by atoms with van der Waals surface area (Å²) in [4.78, 5) is 27.4. The van der Waals surface area contributed by atoms with E-state index in [1.165, 1.54) is 0 Å². The molecule has 8 nitrogen and oxygen atoms in total. The number of hydrogen-bond acceptors (Lipinski definition) is 6. The average Bonchev–Trinajstić information content (AvgIpc) is 3.41. The summed E-state index contributed by atoms with van der Waals surface area (Å²) in [6.07, 6.45) is 5.75. The third-order valence-electron chi connectivity index (χ3n) is 5.39. The van der Waals surface area contributed by atoms with Gasteiger partial charge in [-0.05, 0) is 42.8 Å². The maximum absolute atomic E-state index is 14.2. The minimum Gasteiger partial charge on any atom is -0.326 e. The van der Waals surface area contributed by atoms with Crippen LogP contribution in [0.25, 0.3) is 16.9 Å². The van der Waals surface area contributed by atoms with E-state index in [9.17, 15) is 9.18 Å². The van der Waals surface area contributed by atoms with Crippen LogP contribution in [-0.2, 0) is 4.79 Å². The number of anilines is 2. The summed E-state index contributed by atoms with van der Waals surface area (Å²) in [5, 5.41) is 7.45. The largest absolute Gasteiger partial charge is 0.326 e. The van der Waals surface area contributed by atoms with Gasteiger partial charge < -0.3 is 10.2 Å². The van der Waals surface area contributed by atoms with Gasteiger partial charge in [-0.15, -0.1) is 5.10 Å². The molecule has 0 saturated carbocycles. The van der Waals surface area contributed by atoms with E-state index in [0.29, 0.717) is 17.5 Å². The summed E-state index contributed by atoms with van der Waals surface area (Å²) < 4.78 is 15.9. The van der Waals surface area contributed by atoms with Crippen molar-refractivity contribution in [2.45, 2.75) is 25.6 Å². The van der Waals surface area contributed by atoms with Gasteiger partial charge in [0.25, 0.3) is 0 Å². The van der Waals surface area contributed by atoms with Gasteiger partial charge in [0.05, 0.1) is 18.3 Å². The lowest BCUT2D eigenvalue weighted by molar-refractivity contribution is -0.117. The number of carbonyl (C=O) groups is 1. The van der Waals surface area contributed by atoms with Gasteiger partial charge in [0, 0.05) is 36.3 Å². The fraction of sp³-hybridized carbons (Fsp3) is 0.227. The first-order valence-electron chi connectivity index (χ1n) is 9.98. The van der Waals surface area contributed by atoms with Crippen molar-refractivity contribution in [3.8, 4) is 11.4 Å². The molecule has 4 aromatic rings. The summed E-state index contributed by atoms with van der Waals surface area (Å²) in [5.41, 5.74) is 3.29. The smallest absolute Gasteiger partial charge is 0.247 e. The van der Waals surface area contributed by atoms with Gasteiger partial charge >= 0.3 is 0 Å². The van der Waals surface area contributed by atoms with Crippen molar-refractivity contribution in [1.29, 1.82) is 0 Å². The number of aryl methyl sites for hydroxylation is 1. The average molecular weight is 417 g/mol. The van der Waals surface area contributed by atoms with E-state index in [1.807, 2.05) is 43.5 Å². The lowest BCUT2D eigenvalue weighted by Crippen LogP contribution is -2.40. The van der Waals surface area contributed by atoms with Crippen LogP contribution < -0.4 is 10.2 Å². The van der Waals surface area contributed by atoms with Crippen molar-refractivity contribution in [2.24, 2.45) is 0 Å². The maximum Gasteiger partial charge on any atom is 0.247 e. The van der Waals surface area contributed by atoms with Gasteiger partial charge in [0.2, 0.25) is 11.9 Å². The molecule has 1 fully saturated rings. The summed E-state index contributed by atoms with van der Waals surface area (Å²) in [6.45, 7) is 2.05. The molecule has 2 atom stereocenters. The Balaban J connectivity index is 1.40. The Morgan fingerprint density at radius 3 is 2.84 bits per heavy atom. The molecule has 9 heteroatoms. The van der Waals surface area contributed by atoms with Crippen molar-refractivity contribution in [3.05, 3.63) is 66.7 Å². The number of amides is 1. The third-order valence-corrected chi connectivity index (χ3v) is 5.39. The Hall–Kier alpha value is -3.88. The fourth-order valence-corrected chi connectivity index (χ4v) is 3.82. The lowest BCUT2D eigenvalue weighted by atomic mass is 10.1. The van der Waals surface area contributed by atoms with Gasteiger partial charge in [0.1, 0.15) is 12.2 Å². The molecule has 1 aliphatic heterocycles. The van der Waals surface area contributed by atoms with Gasteiger partial charge in [-0.25, -0.2) is 23.9 Å². The van der Waals surface area contributed by atoms with E-state index < -0.39 is 12.2 Å². The Bertz CT molecular complexity index is 1240. The van der Waals surface area contributed by atoms with Crippen molar-refractivity contribution < 1.29 is 9.18 Å². The normalized spacial score (nSPS) is 18.5. The van der Waals surface area contributed by atoms with Crippen molar-refractivity contribution in [3.63, 3.8) is 0 Å². The Labute approximate surface area is 177 Å². The van der Waals surface area contributed by atoms with Crippen molar-refractivity contribution in [2.75, 3.05) is 16.8 Å². The molecule has 0 bridgehead atoms.